The van der Waals surface area contributed by atoms with Crippen LogP contribution in [0, 0.1) is 0 Å². The fourth-order valence-electron chi connectivity index (χ4n) is 2.53. The number of fused-ring (bicyclic) bond motifs is 1. The van der Waals surface area contributed by atoms with Gasteiger partial charge in [-0.1, -0.05) is 46.3 Å². The number of carbonyl (C=O) groups excluding carboxylic acids is 1. The van der Waals surface area contributed by atoms with E-state index in [2.05, 4.69) is 21.2 Å². The average molecular weight is 346 g/mol. The zero-order chi connectivity index (χ0) is 14.8. The van der Waals surface area contributed by atoms with Crippen LogP contribution in [-0.4, -0.2) is 12.5 Å². The summed E-state index contributed by atoms with van der Waals surface area (Å²) in [6.45, 7) is 2.40. The number of hydrogen-bond acceptors (Lipinski definition) is 2. The van der Waals surface area contributed by atoms with Gasteiger partial charge in [0.2, 0.25) is 5.91 Å². The number of carbonyl (C=O) groups is 1. The van der Waals surface area contributed by atoms with E-state index in [1.807, 2.05) is 55.5 Å². The maximum atomic E-state index is 12.5. The molecule has 0 fully saturated rings. The van der Waals surface area contributed by atoms with Crippen LogP contribution in [0.1, 0.15) is 30.0 Å². The summed E-state index contributed by atoms with van der Waals surface area (Å²) in [6, 6.07) is 15.7. The van der Waals surface area contributed by atoms with Crippen LogP contribution in [0.15, 0.2) is 53.0 Å². The van der Waals surface area contributed by atoms with Gasteiger partial charge < -0.3 is 10.1 Å². The predicted octanol–water partition coefficient (Wildman–Crippen LogP) is 3.80. The van der Waals surface area contributed by atoms with Gasteiger partial charge in [0.15, 0.2) is 0 Å². The Morgan fingerprint density at radius 3 is 2.71 bits per heavy atom. The Morgan fingerprint density at radius 2 is 1.95 bits per heavy atom. The van der Waals surface area contributed by atoms with Crippen molar-refractivity contribution in [2.75, 3.05) is 6.61 Å². The third-order valence-electron chi connectivity index (χ3n) is 3.75. The Hall–Kier alpha value is -1.81. The maximum Gasteiger partial charge on any atom is 0.231 e. The molecule has 2 aromatic carbocycles. The van der Waals surface area contributed by atoms with Crippen molar-refractivity contribution in [1.82, 2.24) is 5.32 Å². The first-order valence-corrected chi connectivity index (χ1v) is 7.72. The molecular weight excluding hydrogens is 330 g/mol. The van der Waals surface area contributed by atoms with Gasteiger partial charge in [0.1, 0.15) is 18.3 Å². The Balaban J connectivity index is 1.71. The van der Waals surface area contributed by atoms with Crippen LogP contribution in [0.25, 0.3) is 0 Å². The number of para-hydroxylation sites is 1. The molecule has 2 aromatic rings. The van der Waals surface area contributed by atoms with Crippen molar-refractivity contribution in [1.29, 1.82) is 0 Å². The monoisotopic (exact) mass is 345 g/mol. The molecule has 0 bridgehead atoms. The lowest BCUT2D eigenvalue weighted by molar-refractivity contribution is -0.123. The SMILES string of the molecule is CC(NC(=O)C1COc2ccccc21)c1ccc(Br)cc1. The minimum atomic E-state index is -0.223. The molecule has 1 N–H and O–H groups in total. The number of rotatable bonds is 3. The van der Waals surface area contributed by atoms with E-state index in [9.17, 15) is 4.79 Å². The number of benzene rings is 2. The average Bonchev–Trinajstić information content (AvgIpc) is 2.92. The van der Waals surface area contributed by atoms with Crippen LogP contribution in [0.2, 0.25) is 0 Å². The van der Waals surface area contributed by atoms with E-state index >= 15 is 0 Å². The maximum absolute atomic E-state index is 12.5. The summed E-state index contributed by atoms with van der Waals surface area (Å²) in [5.41, 5.74) is 2.05. The number of amides is 1. The van der Waals surface area contributed by atoms with Gasteiger partial charge in [-0.2, -0.15) is 0 Å². The second-order valence-corrected chi connectivity index (χ2v) is 6.10. The van der Waals surface area contributed by atoms with Gasteiger partial charge in [-0.25, -0.2) is 0 Å². The Kier molecular flexibility index (Phi) is 3.97. The van der Waals surface area contributed by atoms with E-state index in [-0.39, 0.29) is 17.9 Å². The topological polar surface area (TPSA) is 38.3 Å². The van der Waals surface area contributed by atoms with E-state index in [0.29, 0.717) is 6.61 Å². The van der Waals surface area contributed by atoms with E-state index < -0.39 is 0 Å². The molecule has 2 atom stereocenters. The molecule has 108 valence electrons. The Labute approximate surface area is 132 Å². The first-order chi connectivity index (χ1) is 10.1. The fourth-order valence-corrected chi connectivity index (χ4v) is 2.79. The highest BCUT2D eigenvalue weighted by molar-refractivity contribution is 9.10. The largest absolute Gasteiger partial charge is 0.492 e. The van der Waals surface area contributed by atoms with Crippen molar-refractivity contribution in [3.8, 4) is 5.75 Å². The Morgan fingerprint density at radius 1 is 1.24 bits per heavy atom. The molecule has 0 saturated carbocycles. The van der Waals surface area contributed by atoms with Crippen LogP contribution >= 0.6 is 15.9 Å². The van der Waals surface area contributed by atoms with Gasteiger partial charge in [-0.3, -0.25) is 4.79 Å². The smallest absolute Gasteiger partial charge is 0.231 e. The molecule has 0 aliphatic carbocycles. The standard InChI is InChI=1S/C17H16BrNO2/c1-11(12-6-8-13(18)9-7-12)19-17(20)15-10-21-16-5-3-2-4-14(15)16/h2-9,11,15H,10H2,1H3,(H,19,20). The molecule has 2 unspecified atom stereocenters. The van der Waals surface area contributed by atoms with Crippen molar-refractivity contribution in [3.05, 3.63) is 64.1 Å². The van der Waals surface area contributed by atoms with E-state index in [1.165, 1.54) is 0 Å². The lowest BCUT2D eigenvalue weighted by atomic mass is 9.99. The predicted molar refractivity (Wildman–Crippen MR) is 85.4 cm³/mol. The summed E-state index contributed by atoms with van der Waals surface area (Å²) in [5, 5.41) is 3.06. The molecule has 0 aromatic heterocycles. The highest BCUT2D eigenvalue weighted by atomic mass is 79.9. The molecule has 1 heterocycles. The summed E-state index contributed by atoms with van der Waals surface area (Å²) < 4.78 is 6.60. The van der Waals surface area contributed by atoms with Gasteiger partial charge in [0.05, 0.1) is 6.04 Å². The third-order valence-corrected chi connectivity index (χ3v) is 4.27. The van der Waals surface area contributed by atoms with Crippen LogP contribution in [0.4, 0.5) is 0 Å². The minimum Gasteiger partial charge on any atom is -0.492 e. The first kappa shape index (κ1) is 14.1. The minimum absolute atomic E-state index is 0.00960. The molecule has 3 rings (SSSR count). The third kappa shape index (κ3) is 2.95. The first-order valence-electron chi connectivity index (χ1n) is 6.92. The van der Waals surface area contributed by atoms with E-state index in [0.717, 1.165) is 21.3 Å². The fraction of sp³-hybridized carbons (Fsp3) is 0.235. The summed E-state index contributed by atoms with van der Waals surface area (Å²) in [4.78, 5) is 12.5. The molecule has 0 saturated heterocycles. The van der Waals surface area contributed by atoms with Gasteiger partial charge in [0.25, 0.3) is 0 Å². The van der Waals surface area contributed by atoms with Crippen molar-refractivity contribution in [2.24, 2.45) is 0 Å². The highest BCUT2D eigenvalue weighted by Crippen LogP contribution is 2.33. The molecule has 21 heavy (non-hydrogen) atoms. The second-order valence-electron chi connectivity index (χ2n) is 5.18. The Bertz CT molecular complexity index is 654. The van der Waals surface area contributed by atoms with Crippen LogP contribution in [0.5, 0.6) is 5.75 Å². The molecule has 4 heteroatoms. The zero-order valence-electron chi connectivity index (χ0n) is 11.7. The van der Waals surface area contributed by atoms with Crippen LogP contribution in [-0.2, 0) is 4.79 Å². The van der Waals surface area contributed by atoms with Gasteiger partial charge in [-0.05, 0) is 30.7 Å². The summed E-state index contributed by atoms with van der Waals surface area (Å²) in [5.74, 6) is 0.600. The summed E-state index contributed by atoms with van der Waals surface area (Å²) in [6.07, 6.45) is 0. The molecule has 0 radical (unpaired) electrons. The van der Waals surface area contributed by atoms with Crippen molar-refractivity contribution in [3.63, 3.8) is 0 Å². The number of ether oxygens (including phenoxy) is 1. The zero-order valence-corrected chi connectivity index (χ0v) is 13.3. The van der Waals surface area contributed by atoms with Crippen LogP contribution < -0.4 is 10.1 Å². The molecule has 1 amide bonds. The molecule has 1 aliphatic heterocycles. The molecule has 3 nitrogen and oxygen atoms in total. The normalized spacial score (nSPS) is 17.7. The van der Waals surface area contributed by atoms with Crippen molar-refractivity contribution < 1.29 is 9.53 Å². The van der Waals surface area contributed by atoms with Gasteiger partial charge in [0, 0.05) is 10.0 Å². The van der Waals surface area contributed by atoms with E-state index in [1.54, 1.807) is 0 Å². The van der Waals surface area contributed by atoms with E-state index in [4.69, 9.17) is 4.74 Å². The molecule has 1 aliphatic rings. The quantitative estimate of drug-likeness (QED) is 0.918. The molecule has 0 spiro atoms. The van der Waals surface area contributed by atoms with Gasteiger partial charge >= 0.3 is 0 Å². The summed E-state index contributed by atoms with van der Waals surface area (Å²) in [7, 11) is 0. The number of halogens is 1. The van der Waals surface area contributed by atoms with Gasteiger partial charge in [-0.15, -0.1) is 0 Å². The highest BCUT2D eigenvalue weighted by Gasteiger charge is 2.30. The lowest BCUT2D eigenvalue weighted by Gasteiger charge is -2.17. The van der Waals surface area contributed by atoms with Crippen LogP contribution in [0.3, 0.4) is 0 Å². The summed E-state index contributed by atoms with van der Waals surface area (Å²) >= 11 is 3.41. The lowest BCUT2D eigenvalue weighted by Crippen LogP contribution is -2.32. The van der Waals surface area contributed by atoms with Crippen molar-refractivity contribution >= 4 is 21.8 Å². The second kappa shape index (κ2) is 5.90. The number of nitrogens with one attached hydrogen (secondary N) is 1. The van der Waals surface area contributed by atoms with Crippen molar-refractivity contribution in [2.45, 2.75) is 18.9 Å². The molecular formula is C17H16BrNO2. The number of hydrogen-bond donors (Lipinski definition) is 1.